The second kappa shape index (κ2) is 13.5. The number of aromatic hydroxyl groups is 1. The van der Waals surface area contributed by atoms with Crippen molar-refractivity contribution in [2.45, 2.75) is 71.6 Å². The summed E-state index contributed by atoms with van der Waals surface area (Å²) in [5.41, 5.74) is 6.29. The number of anilines is 1. The molecule has 10 heteroatoms. The van der Waals surface area contributed by atoms with Gasteiger partial charge in [0.15, 0.2) is 0 Å². The van der Waals surface area contributed by atoms with Gasteiger partial charge in [-0.3, -0.25) is 14.4 Å². The first-order valence-corrected chi connectivity index (χ1v) is 12.6. The summed E-state index contributed by atoms with van der Waals surface area (Å²) in [6.07, 6.45) is -0.596. The molecule has 0 saturated heterocycles. The van der Waals surface area contributed by atoms with E-state index in [9.17, 15) is 24.3 Å². The molecule has 206 valence electrons. The van der Waals surface area contributed by atoms with Crippen molar-refractivity contribution in [3.8, 4) is 5.75 Å². The Morgan fingerprint density at radius 3 is 2.34 bits per heavy atom. The van der Waals surface area contributed by atoms with Crippen LogP contribution in [0.5, 0.6) is 5.75 Å². The molecule has 0 saturated carbocycles. The number of aryl methyl sites for hydroxylation is 1. The number of amides is 4. The summed E-state index contributed by atoms with van der Waals surface area (Å²) in [4.78, 5) is 53.1. The van der Waals surface area contributed by atoms with Crippen molar-refractivity contribution in [2.24, 2.45) is 5.73 Å². The Bertz CT molecular complexity index is 1140. The van der Waals surface area contributed by atoms with Crippen LogP contribution in [-0.2, 0) is 19.1 Å². The van der Waals surface area contributed by atoms with Gasteiger partial charge in [-0.1, -0.05) is 37.3 Å². The summed E-state index contributed by atoms with van der Waals surface area (Å²) in [7, 11) is 0. The van der Waals surface area contributed by atoms with E-state index in [1.54, 1.807) is 45.0 Å². The highest BCUT2D eigenvalue weighted by Crippen LogP contribution is 2.28. The first-order valence-electron chi connectivity index (χ1n) is 12.6. The molecule has 4 amide bonds. The van der Waals surface area contributed by atoms with Crippen LogP contribution < -0.4 is 16.4 Å². The van der Waals surface area contributed by atoms with E-state index in [0.717, 1.165) is 5.56 Å². The minimum atomic E-state index is -1.19. The Morgan fingerprint density at radius 2 is 1.76 bits per heavy atom. The number of nitrogens with one attached hydrogen (secondary N) is 2. The third kappa shape index (κ3) is 9.10. The summed E-state index contributed by atoms with van der Waals surface area (Å²) < 4.78 is 5.32. The van der Waals surface area contributed by atoms with E-state index in [0.29, 0.717) is 17.7 Å². The van der Waals surface area contributed by atoms with Crippen molar-refractivity contribution in [2.75, 3.05) is 11.9 Å². The standard InChI is InChI=1S/C28H38N4O6/c1-6-16-32(26(36)22(14-15-23(29)34)31-27(37)38-28(3,4)5)24(19-11-9-12-20(33)17-19)25(35)30-21-13-8-7-10-18(21)2/h7-13,17,22,24,33H,6,14-16H2,1-5H3,(H2,29,34)(H,30,35)(H,31,37). The Labute approximate surface area is 223 Å². The molecule has 0 aromatic heterocycles. The van der Waals surface area contributed by atoms with Gasteiger partial charge in [-0.2, -0.15) is 0 Å². The SMILES string of the molecule is CCCN(C(=O)C(CCC(N)=O)NC(=O)OC(C)(C)C)C(C(=O)Nc1ccccc1C)c1cccc(O)c1. The van der Waals surface area contributed by atoms with Crippen molar-refractivity contribution in [1.29, 1.82) is 0 Å². The first kappa shape index (κ1) is 30.1. The number of phenolic OH excluding ortho intramolecular Hbond substituents is 1. The lowest BCUT2D eigenvalue weighted by molar-refractivity contribution is -0.141. The molecule has 0 radical (unpaired) electrons. The molecule has 10 nitrogen and oxygen atoms in total. The summed E-state index contributed by atoms with van der Waals surface area (Å²) in [6.45, 7) is 8.90. The summed E-state index contributed by atoms with van der Waals surface area (Å²) >= 11 is 0. The third-order valence-electron chi connectivity index (χ3n) is 5.56. The van der Waals surface area contributed by atoms with E-state index >= 15 is 0 Å². The van der Waals surface area contributed by atoms with Gasteiger partial charge in [0.05, 0.1) is 0 Å². The van der Waals surface area contributed by atoms with Gasteiger partial charge in [0.25, 0.3) is 5.91 Å². The van der Waals surface area contributed by atoms with Gasteiger partial charge in [-0.05, 0) is 69.9 Å². The van der Waals surface area contributed by atoms with Crippen molar-refractivity contribution in [3.05, 3.63) is 59.7 Å². The van der Waals surface area contributed by atoms with Gasteiger partial charge < -0.3 is 31.1 Å². The number of phenols is 1. The molecule has 0 heterocycles. The molecular weight excluding hydrogens is 488 g/mol. The van der Waals surface area contributed by atoms with Crippen LogP contribution in [0.1, 0.15) is 64.1 Å². The van der Waals surface area contributed by atoms with E-state index in [2.05, 4.69) is 10.6 Å². The van der Waals surface area contributed by atoms with Crippen molar-refractivity contribution in [3.63, 3.8) is 0 Å². The van der Waals surface area contributed by atoms with E-state index in [1.807, 2.05) is 26.0 Å². The molecule has 2 rings (SSSR count). The predicted molar refractivity (Wildman–Crippen MR) is 144 cm³/mol. The monoisotopic (exact) mass is 526 g/mol. The fourth-order valence-corrected chi connectivity index (χ4v) is 3.88. The molecule has 2 atom stereocenters. The van der Waals surface area contributed by atoms with E-state index < -0.39 is 41.5 Å². The second-order valence-corrected chi connectivity index (χ2v) is 10.0. The number of hydrogen-bond donors (Lipinski definition) is 4. The van der Waals surface area contributed by atoms with E-state index in [4.69, 9.17) is 10.5 Å². The van der Waals surface area contributed by atoms with Crippen LogP contribution in [0, 0.1) is 6.92 Å². The Morgan fingerprint density at radius 1 is 1.08 bits per heavy atom. The fourth-order valence-electron chi connectivity index (χ4n) is 3.88. The van der Waals surface area contributed by atoms with Gasteiger partial charge >= 0.3 is 6.09 Å². The lowest BCUT2D eigenvalue weighted by atomic mass is 10.0. The quantitative estimate of drug-likeness (QED) is 0.350. The predicted octanol–water partition coefficient (Wildman–Crippen LogP) is 3.78. The number of alkyl carbamates (subject to hydrolysis) is 1. The molecular formula is C28H38N4O6. The maximum absolute atomic E-state index is 13.9. The number of para-hydroxylation sites is 1. The number of carbonyl (C=O) groups excluding carboxylic acids is 4. The van der Waals surface area contributed by atoms with Crippen molar-refractivity contribution in [1.82, 2.24) is 10.2 Å². The zero-order chi connectivity index (χ0) is 28.5. The molecule has 2 unspecified atom stereocenters. The van der Waals surface area contributed by atoms with Crippen LogP contribution in [0.3, 0.4) is 0 Å². The number of nitrogens with two attached hydrogens (primary N) is 1. The zero-order valence-electron chi connectivity index (χ0n) is 22.6. The van der Waals surface area contributed by atoms with E-state index in [-0.39, 0.29) is 25.1 Å². The smallest absolute Gasteiger partial charge is 0.408 e. The van der Waals surface area contributed by atoms with Crippen molar-refractivity contribution < 1.29 is 29.0 Å². The van der Waals surface area contributed by atoms with Gasteiger partial charge in [0.1, 0.15) is 23.4 Å². The maximum Gasteiger partial charge on any atom is 0.408 e. The van der Waals surface area contributed by atoms with Crippen LogP contribution in [0.25, 0.3) is 0 Å². The van der Waals surface area contributed by atoms with Crippen LogP contribution in [-0.4, -0.2) is 52.0 Å². The molecule has 0 bridgehead atoms. The Hall–Kier alpha value is -4.08. The van der Waals surface area contributed by atoms with Crippen molar-refractivity contribution >= 4 is 29.5 Å². The van der Waals surface area contributed by atoms with Gasteiger partial charge in [0.2, 0.25) is 11.8 Å². The molecule has 0 fully saturated rings. The van der Waals surface area contributed by atoms with Crippen LogP contribution in [0.4, 0.5) is 10.5 Å². The molecule has 0 aliphatic heterocycles. The molecule has 5 N–H and O–H groups in total. The Kier molecular flexibility index (Phi) is 10.7. The summed E-state index contributed by atoms with van der Waals surface area (Å²) in [6, 6.07) is 11.0. The number of nitrogens with zero attached hydrogens (tertiary/aromatic N) is 1. The molecule has 2 aromatic carbocycles. The third-order valence-corrected chi connectivity index (χ3v) is 5.56. The second-order valence-electron chi connectivity index (χ2n) is 10.0. The average Bonchev–Trinajstić information content (AvgIpc) is 2.81. The fraction of sp³-hybridized carbons (Fsp3) is 0.429. The first-order chi connectivity index (χ1) is 17.8. The Balaban J connectivity index is 2.51. The highest BCUT2D eigenvalue weighted by Gasteiger charge is 2.36. The van der Waals surface area contributed by atoms with Crippen LogP contribution >= 0.6 is 0 Å². The van der Waals surface area contributed by atoms with Gasteiger partial charge in [-0.25, -0.2) is 4.79 Å². The summed E-state index contributed by atoms with van der Waals surface area (Å²) in [5.74, 6) is -1.81. The molecule has 38 heavy (non-hydrogen) atoms. The highest BCUT2D eigenvalue weighted by molar-refractivity contribution is 5.99. The molecule has 0 spiro atoms. The minimum absolute atomic E-state index is 0.0720. The lowest BCUT2D eigenvalue weighted by Crippen LogP contribution is -2.52. The number of ether oxygens (including phenoxy) is 1. The summed E-state index contributed by atoms with van der Waals surface area (Å²) in [5, 5.41) is 15.6. The van der Waals surface area contributed by atoms with Gasteiger partial charge in [0, 0.05) is 18.7 Å². The van der Waals surface area contributed by atoms with Crippen LogP contribution in [0.15, 0.2) is 48.5 Å². The van der Waals surface area contributed by atoms with Crippen LogP contribution in [0.2, 0.25) is 0 Å². The van der Waals surface area contributed by atoms with Gasteiger partial charge in [-0.15, -0.1) is 0 Å². The average molecular weight is 527 g/mol. The topological polar surface area (TPSA) is 151 Å². The van der Waals surface area contributed by atoms with E-state index in [1.165, 1.54) is 17.0 Å². The largest absolute Gasteiger partial charge is 0.508 e. The number of primary amides is 1. The number of rotatable bonds is 11. The maximum atomic E-state index is 13.9. The molecule has 2 aromatic rings. The number of carbonyl (C=O) groups is 4. The zero-order valence-corrected chi connectivity index (χ0v) is 22.6. The molecule has 0 aliphatic carbocycles. The normalized spacial score (nSPS) is 12.7. The lowest BCUT2D eigenvalue weighted by Gasteiger charge is -2.34. The minimum Gasteiger partial charge on any atom is -0.508 e. The molecule has 0 aliphatic rings. The number of benzene rings is 2. The highest BCUT2D eigenvalue weighted by atomic mass is 16.6. The number of hydrogen-bond acceptors (Lipinski definition) is 6.